The Kier molecular flexibility index (Phi) is 5.20. The summed E-state index contributed by atoms with van der Waals surface area (Å²) in [6.45, 7) is 8.06. The lowest BCUT2D eigenvalue weighted by atomic mass is 9.92. The lowest BCUT2D eigenvalue weighted by Crippen LogP contribution is -2.29. The minimum Gasteiger partial charge on any atom is -0.476 e. The number of amides is 1. The van der Waals surface area contributed by atoms with Gasteiger partial charge in [-0.2, -0.15) is 5.10 Å². The van der Waals surface area contributed by atoms with E-state index in [1.165, 1.54) is 24.3 Å². The van der Waals surface area contributed by atoms with Crippen LogP contribution in [0.4, 0.5) is 4.39 Å². The zero-order chi connectivity index (χ0) is 18.7. The summed E-state index contributed by atoms with van der Waals surface area (Å²) in [5, 5.41) is 8.34. The normalized spacial score (nSPS) is 17.4. The summed E-state index contributed by atoms with van der Waals surface area (Å²) in [5.74, 6) is 0.347. The van der Waals surface area contributed by atoms with Crippen molar-refractivity contribution in [3.05, 3.63) is 53.5 Å². The number of nitrogens with zero attached hydrogens (tertiary/aromatic N) is 3. The Balaban J connectivity index is 1.51. The van der Waals surface area contributed by atoms with Crippen molar-refractivity contribution >= 4 is 5.91 Å². The molecule has 0 saturated carbocycles. The second kappa shape index (κ2) is 7.40. The van der Waals surface area contributed by atoms with E-state index >= 15 is 0 Å². The van der Waals surface area contributed by atoms with Crippen LogP contribution in [0, 0.1) is 11.7 Å². The number of ether oxygens (including phenoxy) is 1. The summed E-state index contributed by atoms with van der Waals surface area (Å²) < 4.78 is 18.7. The van der Waals surface area contributed by atoms with Crippen molar-refractivity contribution in [1.82, 2.24) is 15.1 Å². The van der Waals surface area contributed by atoms with Gasteiger partial charge in [0.1, 0.15) is 5.82 Å². The predicted octanol–water partition coefficient (Wildman–Crippen LogP) is 3.45. The summed E-state index contributed by atoms with van der Waals surface area (Å²) in [6.07, 6.45) is 0.875. The smallest absolute Gasteiger partial charge is 0.253 e. The highest BCUT2D eigenvalue weighted by Crippen LogP contribution is 2.22. The van der Waals surface area contributed by atoms with Crippen LogP contribution in [-0.2, 0) is 5.41 Å². The van der Waals surface area contributed by atoms with Gasteiger partial charge < -0.3 is 9.64 Å². The van der Waals surface area contributed by atoms with Gasteiger partial charge in [0.05, 0.1) is 12.3 Å². The second-order valence-electron chi connectivity index (χ2n) is 7.73. The molecule has 1 fully saturated rings. The summed E-state index contributed by atoms with van der Waals surface area (Å²) >= 11 is 0. The van der Waals surface area contributed by atoms with Crippen LogP contribution >= 0.6 is 0 Å². The number of halogens is 1. The summed E-state index contributed by atoms with van der Waals surface area (Å²) in [6, 6.07) is 9.43. The molecule has 1 aliphatic heterocycles. The molecule has 0 spiro atoms. The monoisotopic (exact) mass is 357 g/mol. The molecule has 26 heavy (non-hydrogen) atoms. The average molecular weight is 357 g/mol. The average Bonchev–Trinajstić information content (AvgIpc) is 3.08. The minimum absolute atomic E-state index is 0.0435. The first-order valence-corrected chi connectivity index (χ1v) is 8.85. The van der Waals surface area contributed by atoms with Crippen molar-refractivity contribution in [3.63, 3.8) is 0 Å². The van der Waals surface area contributed by atoms with Crippen LogP contribution < -0.4 is 4.74 Å². The van der Waals surface area contributed by atoms with Crippen LogP contribution in [-0.4, -0.2) is 40.7 Å². The zero-order valence-electron chi connectivity index (χ0n) is 15.4. The molecule has 0 aliphatic carbocycles. The predicted molar refractivity (Wildman–Crippen MR) is 96.6 cm³/mol. The maximum Gasteiger partial charge on any atom is 0.253 e. The van der Waals surface area contributed by atoms with Gasteiger partial charge in [-0.1, -0.05) is 20.8 Å². The Morgan fingerprint density at radius 2 is 1.92 bits per heavy atom. The number of rotatable bonds is 4. The van der Waals surface area contributed by atoms with E-state index in [1.807, 2.05) is 12.1 Å². The molecule has 1 aromatic heterocycles. The van der Waals surface area contributed by atoms with Crippen LogP contribution in [0.25, 0.3) is 0 Å². The van der Waals surface area contributed by atoms with Gasteiger partial charge in [0.25, 0.3) is 5.91 Å². The van der Waals surface area contributed by atoms with Gasteiger partial charge in [-0.05, 0) is 36.8 Å². The molecule has 1 atom stereocenters. The molecule has 1 amide bonds. The molecule has 6 heteroatoms. The molecule has 0 bridgehead atoms. The summed E-state index contributed by atoms with van der Waals surface area (Å²) in [4.78, 5) is 14.2. The molecule has 2 aromatic rings. The maximum absolute atomic E-state index is 13.0. The topological polar surface area (TPSA) is 55.3 Å². The molecule has 3 rings (SSSR count). The van der Waals surface area contributed by atoms with Crippen molar-refractivity contribution in [2.45, 2.75) is 32.6 Å². The zero-order valence-corrected chi connectivity index (χ0v) is 15.4. The highest BCUT2D eigenvalue weighted by Gasteiger charge is 2.27. The first-order chi connectivity index (χ1) is 12.3. The number of carbonyl (C=O) groups is 1. The molecule has 1 saturated heterocycles. The van der Waals surface area contributed by atoms with E-state index in [2.05, 4.69) is 31.0 Å². The van der Waals surface area contributed by atoms with Crippen molar-refractivity contribution in [1.29, 1.82) is 0 Å². The maximum atomic E-state index is 13.0. The van der Waals surface area contributed by atoms with Crippen molar-refractivity contribution in [3.8, 4) is 5.88 Å². The van der Waals surface area contributed by atoms with E-state index in [9.17, 15) is 9.18 Å². The Hall–Kier alpha value is -2.50. The van der Waals surface area contributed by atoms with Crippen molar-refractivity contribution in [2.75, 3.05) is 19.7 Å². The second-order valence-corrected chi connectivity index (χ2v) is 7.73. The van der Waals surface area contributed by atoms with Gasteiger partial charge in [0.2, 0.25) is 5.88 Å². The fourth-order valence-electron chi connectivity index (χ4n) is 2.93. The lowest BCUT2D eigenvalue weighted by molar-refractivity contribution is 0.0782. The molecule has 1 aromatic carbocycles. The molecule has 1 unspecified atom stereocenters. The van der Waals surface area contributed by atoms with Crippen LogP contribution in [0.2, 0.25) is 0 Å². The Morgan fingerprint density at radius 3 is 2.54 bits per heavy atom. The van der Waals surface area contributed by atoms with Gasteiger partial charge in [0.15, 0.2) is 0 Å². The third kappa shape index (κ3) is 4.36. The molecule has 138 valence electrons. The fraction of sp³-hybridized carbons (Fsp3) is 0.450. The number of carbonyl (C=O) groups excluding carboxylic acids is 1. The lowest BCUT2D eigenvalue weighted by Gasteiger charge is -2.18. The van der Waals surface area contributed by atoms with E-state index in [0.717, 1.165) is 12.1 Å². The van der Waals surface area contributed by atoms with Crippen LogP contribution in [0.1, 0.15) is 43.2 Å². The largest absolute Gasteiger partial charge is 0.476 e. The standard InChI is InChI=1S/C20H24FN3O2/c1-20(2,3)17-8-9-18(23-22-17)26-13-14-10-11-24(12-14)19(25)15-4-6-16(21)7-5-15/h4-9,14H,10-13H2,1-3H3. The van der Waals surface area contributed by atoms with Crippen molar-refractivity contribution < 1.29 is 13.9 Å². The van der Waals surface area contributed by atoms with Crippen LogP contribution in [0.15, 0.2) is 36.4 Å². The molecular formula is C20H24FN3O2. The van der Waals surface area contributed by atoms with Gasteiger partial charge in [0, 0.05) is 36.1 Å². The third-order valence-corrected chi connectivity index (χ3v) is 4.54. The Morgan fingerprint density at radius 1 is 1.19 bits per heavy atom. The highest BCUT2D eigenvalue weighted by molar-refractivity contribution is 5.94. The summed E-state index contributed by atoms with van der Waals surface area (Å²) in [5.41, 5.74) is 1.39. The first-order valence-electron chi connectivity index (χ1n) is 8.85. The van der Waals surface area contributed by atoms with Crippen molar-refractivity contribution in [2.24, 2.45) is 5.92 Å². The molecule has 0 radical (unpaired) electrons. The van der Waals surface area contributed by atoms with E-state index in [0.29, 0.717) is 31.1 Å². The minimum atomic E-state index is -0.340. The van der Waals surface area contributed by atoms with Gasteiger partial charge in [-0.25, -0.2) is 4.39 Å². The number of hydrogen-bond donors (Lipinski definition) is 0. The highest BCUT2D eigenvalue weighted by atomic mass is 19.1. The van der Waals surface area contributed by atoms with E-state index in [-0.39, 0.29) is 23.1 Å². The molecule has 0 N–H and O–H groups in total. The number of likely N-dealkylation sites (tertiary alicyclic amines) is 1. The number of aromatic nitrogens is 2. The van der Waals surface area contributed by atoms with Gasteiger partial charge in [-0.15, -0.1) is 5.10 Å². The SMILES string of the molecule is CC(C)(C)c1ccc(OCC2CCN(C(=O)c3ccc(F)cc3)C2)nn1. The molecule has 2 heterocycles. The number of hydrogen-bond acceptors (Lipinski definition) is 4. The quantitative estimate of drug-likeness (QED) is 0.841. The van der Waals surface area contributed by atoms with E-state index in [1.54, 1.807) is 4.90 Å². The van der Waals surface area contributed by atoms with Gasteiger partial charge >= 0.3 is 0 Å². The first kappa shape index (κ1) is 18.3. The summed E-state index contributed by atoms with van der Waals surface area (Å²) in [7, 11) is 0. The number of benzene rings is 1. The Bertz CT molecular complexity index is 754. The molecular weight excluding hydrogens is 333 g/mol. The van der Waals surface area contributed by atoms with E-state index < -0.39 is 0 Å². The van der Waals surface area contributed by atoms with E-state index in [4.69, 9.17) is 4.74 Å². The third-order valence-electron chi connectivity index (χ3n) is 4.54. The molecule has 5 nitrogen and oxygen atoms in total. The van der Waals surface area contributed by atoms with Crippen LogP contribution in [0.3, 0.4) is 0 Å². The van der Waals surface area contributed by atoms with Gasteiger partial charge in [-0.3, -0.25) is 4.79 Å². The fourth-order valence-corrected chi connectivity index (χ4v) is 2.93. The Labute approximate surface area is 153 Å². The van der Waals surface area contributed by atoms with Crippen LogP contribution in [0.5, 0.6) is 5.88 Å². The molecule has 1 aliphatic rings.